The molecule has 2 heteroatoms. The molecule has 1 saturated heterocycles. The first-order valence-electron chi connectivity index (χ1n) is 3.01. The van der Waals surface area contributed by atoms with Gasteiger partial charge >= 0.3 is 0 Å². The number of hydrogen-bond donors (Lipinski definition) is 0. The highest BCUT2D eigenvalue weighted by Gasteiger charge is 2.15. The van der Waals surface area contributed by atoms with Crippen molar-refractivity contribution in [2.45, 2.75) is 18.2 Å². The van der Waals surface area contributed by atoms with Crippen LogP contribution in [0.25, 0.3) is 0 Å². The van der Waals surface area contributed by atoms with Gasteiger partial charge in [-0.25, -0.2) is 0 Å². The second-order valence-electron chi connectivity index (χ2n) is 2.48. The quantitative estimate of drug-likeness (QED) is 0.535. The largest absolute Gasteiger partial charge is 0.161 e. The van der Waals surface area contributed by atoms with Crippen LogP contribution in [0.1, 0.15) is 13.3 Å². The summed E-state index contributed by atoms with van der Waals surface area (Å²) >= 11 is 5.67. The molecule has 8 heavy (non-hydrogen) atoms. The Labute approximate surface area is 63.5 Å². The summed E-state index contributed by atoms with van der Waals surface area (Å²) in [5, 5.41) is 0. The predicted octanol–water partition coefficient (Wildman–Crippen LogP) is 2.52. The normalized spacial score (nSPS) is 39.8. The Kier molecular flexibility index (Phi) is 2.70. The molecule has 2 unspecified atom stereocenters. The Balaban J connectivity index is 2.23. The summed E-state index contributed by atoms with van der Waals surface area (Å²) in [5.74, 6) is 3.60. The zero-order valence-electron chi connectivity index (χ0n) is 5.06. The van der Waals surface area contributed by atoms with Crippen LogP contribution in [0.2, 0.25) is 0 Å². The minimum Gasteiger partial charge on any atom is -0.161 e. The molecular formula is C6H11BrS. The van der Waals surface area contributed by atoms with Gasteiger partial charge in [-0.1, -0.05) is 22.9 Å². The van der Waals surface area contributed by atoms with E-state index in [1.54, 1.807) is 0 Å². The van der Waals surface area contributed by atoms with Crippen LogP contribution in [-0.2, 0) is 0 Å². The maximum absolute atomic E-state index is 3.61. The fraction of sp³-hybridized carbons (Fsp3) is 1.00. The molecule has 2 atom stereocenters. The standard InChI is InChI=1S/C6H11BrS/c1-5-2-6(7)4-8-3-5/h5-6H,2-4H2,1H3. The highest BCUT2D eigenvalue weighted by molar-refractivity contribution is 9.09. The molecule has 1 heterocycles. The van der Waals surface area contributed by atoms with Gasteiger partial charge in [-0.3, -0.25) is 0 Å². The first-order chi connectivity index (χ1) is 3.79. The average Bonchev–Trinajstić information content (AvgIpc) is 1.64. The van der Waals surface area contributed by atoms with Crippen molar-refractivity contribution < 1.29 is 0 Å². The van der Waals surface area contributed by atoms with Crippen molar-refractivity contribution in [1.29, 1.82) is 0 Å². The topological polar surface area (TPSA) is 0 Å². The van der Waals surface area contributed by atoms with Crippen molar-refractivity contribution in [3.8, 4) is 0 Å². The summed E-state index contributed by atoms with van der Waals surface area (Å²) in [6.45, 7) is 2.32. The van der Waals surface area contributed by atoms with Gasteiger partial charge in [0.05, 0.1) is 0 Å². The summed E-state index contributed by atoms with van der Waals surface area (Å²) in [5.41, 5.74) is 0. The molecule has 1 rings (SSSR count). The van der Waals surface area contributed by atoms with E-state index >= 15 is 0 Å². The molecule has 0 aromatic heterocycles. The molecule has 0 spiro atoms. The molecule has 1 aliphatic heterocycles. The van der Waals surface area contributed by atoms with Crippen LogP contribution in [-0.4, -0.2) is 16.3 Å². The Bertz CT molecular complexity index is 66.9. The molecule has 1 aliphatic rings. The Morgan fingerprint density at radius 2 is 2.25 bits per heavy atom. The lowest BCUT2D eigenvalue weighted by Gasteiger charge is -2.21. The molecule has 0 aliphatic carbocycles. The molecule has 0 nitrogen and oxygen atoms in total. The lowest BCUT2D eigenvalue weighted by Crippen LogP contribution is -2.16. The number of alkyl halides is 1. The van der Waals surface area contributed by atoms with Gasteiger partial charge < -0.3 is 0 Å². The third kappa shape index (κ3) is 1.98. The van der Waals surface area contributed by atoms with E-state index in [2.05, 4.69) is 34.6 Å². The van der Waals surface area contributed by atoms with Crippen molar-refractivity contribution >= 4 is 27.7 Å². The molecule has 0 N–H and O–H groups in total. The SMILES string of the molecule is CC1CSCC(Br)C1. The lowest BCUT2D eigenvalue weighted by atomic mass is 10.1. The highest BCUT2D eigenvalue weighted by Crippen LogP contribution is 2.26. The minimum atomic E-state index is 0.788. The lowest BCUT2D eigenvalue weighted by molar-refractivity contribution is 0.587. The van der Waals surface area contributed by atoms with Crippen molar-refractivity contribution in [3.05, 3.63) is 0 Å². The minimum absolute atomic E-state index is 0.788. The van der Waals surface area contributed by atoms with Crippen LogP contribution in [0.5, 0.6) is 0 Å². The molecule has 0 aromatic rings. The van der Waals surface area contributed by atoms with Crippen molar-refractivity contribution in [3.63, 3.8) is 0 Å². The first kappa shape index (κ1) is 6.94. The van der Waals surface area contributed by atoms with Gasteiger partial charge in [-0.2, -0.15) is 11.8 Å². The first-order valence-corrected chi connectivity index (χ1v) is 5.08. The third-order valence-electron chi connectivity index (χ3n) is 1.36. The summed E-state index contributed by atoms with van der Waals surface area (Å²) in [7, 11) is 0. The van der Waals surface area contributed by atoms with Crippen LogP contribution < -0.4 is 0 Å². The van der Waals surface area contributed by atoms with Gasteiger partial charge in [0.15, 0.2) is 0 Å². The van der Waals surface area contributed by atoms with Crippen LogP contribution >= 0.6 is 27.7 Å². The van der Waals surface area contributed by atoms with Crippen LogP contribution in [0.4, 0.5) is 0 Å². The Morgan fingerprint density at radius 1 is 1.50 bits per heavy atom. The summed E-state index contributed by atoms with van der Waals surface area (Å²) in [4.78, 5) is 0.788. The van der Waals surface area contributed by atoms with E-state index in [1.165, 1.54) is 17.9 Å². The third-order valence-corrected chi connectivity index (χ3v) is 3.93. The molecule has 1 fully saturated rings. The number of thioether (sulfide) groups is 1. The van der Waals surface area contributed by atoms with Crippen LogP contribution in [0.15, 0.2) is 0 Å². The summed E-state index contributed by atoms with van der Waals surface area (Å²) < 4.78 is 0. The van der Waals surface area contributed by atoms with Crippen LogP contribution in [0.3, 0.4) is 0 Å². The molecule has 0 bridgehead atoms. The predicted molar refractivity (Wildman–Crippen MR) is 43.8 cm³/mol. The number of rotatable bonds is 0. The highest BCUT2D eigenvalue weighted by atomic mass is 79.9. The molecular weight excluding hydrogens is 184 g/mol. The van der Waals surface area contributed by atoms with E-state index in [0.717, 1.165) is 10.7 Å². The Morgan fingerprint density at radius 3 is 2.62 bits per heavy atom. The maximum Gasteiger partial charge on any atom is 0.0239 e. The molecule has 48 valence electrons. The van der Waals surface area contributed by atoms with E-state index in [-0.39, 0.29) is 0 Å². The van der Waals surface area contributed by atoms with Crippen molar-refractivity contribution in [1.82, 2.24) is 0 Å². The van der Waals surface area contributed by atoms with E-state index in [9.17, 15) is 0 Å². The monoisotopic (exact) mass is 194 g/mol. The Hall–Kier alpha value is 0.830. The second-order valence-corrected chi connectivity index (χ2v) is 4.85. The fourth-order valence-corrected chi connectivity index (χ4v) is 3.24. The zero-order chi connectivity index (χ0) is 5.98. The maximum atomic E-state index is 3.61. The molecule has 0 radical (unpaired) electrons. The molecule has 0 aromatic carbocycles. The fourth-order valence-electron chi connectivity index (χ4n) is 0.970. The van der Waals surface area contributed by atoms with Gasteiger partial charge in [0.2, 0.25) is 0 Å². The van der Waals surface area contributed by atoms with Crippen LogP contribution in [0, 0.1) is 5.92 Å². The smallest absolute Gasteiger partial charge is 0.0239 e. The van der Waals surface area contributed by atoms with Gasteiger partial charge in [-0.15, -0.1) is 0 Å². The van der Waals surface area contributed by atoms with E-state index in [0.29, 0.717) is 0 Å². The molecule has 0 saturated carbocycles. The van der Waals surface area contributed by atoms with E-state index in [4.69, 9.17) is 0 Å². The number of hydrogen-bond acceptors (Lipinski definition) is 1. The average molecular weight is 195 g/mol. The van der Waals surface area contributed by atoms with E-state index in [1.807, 2.05) is 0 Å². The van der Waals surface area contributed by atoms with Gasteiger partial charge in [-0.05, 0) is 18.1 Å². The van der Waals surface area contributed by atoms with Gasteiger partial charge in [0, 0.05) is 10.6 Å². The zero-order valence-corrected chi connectivity index (χ0v) is 7.46. The molecule has 0 amide bonds. The summed E-state index contributed by atoms with van der Waals surface area (Å²) in [6, 6.07) is 0. The van der Waals surface area contributed by atoms with Crippen molar-refractivity contribution in [2.75, 3.05) is 11.5 Å². The van der Waals surface area contributed by atoms with Gasteiger partial charge in [0.25, 0.3) is 0 Å². The van der Waals surface area contributed by atoms with E-state index < -0.39 is 0 Å². The number of halogens is 1. The van der Waals surface area contributed by atoms with Crippen molar-refractivity contribution in [2.24, 2.45) is 5.92 Å². The summed E-state index contributed by atoms with van der Waals surface area (Å²) in [6.07, 6.45) is 1.37. The second kappa shape index (κ2) is 3.11. The van der Waals surface area contributed by atoms with Gasteiger partial charge in [0.1, 0.15) is 0 Å².